The van der Waals surface area contributed by atoms with E-state index in [0.717, 1.165) is 11.4 Å². The molecule has 2 aromatic rings. The van der Waals surface area contributed by atoms with Crippen LogP contribution in [-0.2, 0) is 11.3 Å². The molecule has 3 N–H and O–H groups in total. The van der Waals surface area contributed by atoms with E-state index in [4.69, 9.17) is 5.73 Å². The maximum absolute atomic E-state index is 11.9. The van der Waals surface area contributed by atoms with Crippen molar-refractivity contribution in [2.24, 2.45) is 5.73 Å². The summed E-state index contributed by atoms with van der Waals surface area (Å²) in [6.45, 7) is 2.18. The fourth-order valence-corrected chi connectivity index (χ4v) is 1.86. The quantitative estimate of drug-likeness (QED) is 0.864. The molecule has 0 aliphatic heterocycles. The van der Waals surface area contributed by atoms with Gasteiger partial charge in [0.05, 0.1) is 0 Å². The van der Waals surface area contributed by atoms with Crippen molar-refractivity contribution in [2.45, 2.75) is 19.5 Å². The summed E-state index contributed by atoms with van der Waals surface area (Å²) in [4.78, 5) is 11.9. The number of nitrogens with zero attached hydrogens (tertiary/aromatic N) is 1. The zero-order valence-corrected chi connectivity index (χ0v) is 10.3. The number of nitrogens with two attached hydrogens (primary N) is 1. The molecule has 0 spiro atoms. The minimum Gasteiger partial charge on any atom is -0.341 e. The summed E-state index contributed by atoms with van der Waals surface area (Å²) in [5.41, 5.74) is 7.59. The summed E-state index contributed by atoms with van der Waals surface area (Å²) in [5, 5.41) is 2.85. The second-order valence-electron chi connectivity index (χ2n) is 4.26. The lowest BCUT2D eigenvalue weighted by Crippen LogP contribution is -2.21. The molecule has 1 heterocycles. The summed E-state index contributed by atoms with van der Waals surface area (Å²) >= 11 is 0. The van der Waals surface area contributed by atoms with Crippen LogP contribution in [0.2, 0.25) is 0 Å². The summed E-state index contributed by atoms with van der Waals surface area (Å²) in [7, 11) is 0. The predicted molar refractivity (Wildman–Crippen MR) is 72.1 cm³/mol. The molecule has 1 unspecified atom stereocenters. The minimum absolute atomic E-state index is 0.0562. The van der Waals surface area contributed by atoms with Crippen LogP contribution in [-0.4, -0.2) is 10.5 Å². The van der Waals surface area contributed by atoms with Gasteiger partial charge in [-0.2, -0.15) is 0 Å². The highest BCUT2D eigenvalue weighted by Gasteiger charge is 2.09. The van der Waals surface area contributed by atoms with E-state index in [0.29, 0.717) is 0 Å². The number of carbonyl (C=O) groups excluding carboxylic acids is 1. The maximum Gasteiger partial charge on any atom is 0.244 e. The van der Waals surface area contributed by atoms with Crippen molar-refractivity contribution < 1.29 is 4.79 Å². The van der Waals surface area contributed by atoms with E-state index in [9.17, 15) is 4.79 Å². The first kappa shape index (κ1) is 12.4. The molecule has 1 amide bonds. The molecule has 0 bridgehead atoms. The Bertz CT molecular complexity index is 517. The molecule has 0 saturated carbocycles. The first-order valence-corrected chi connectivity index (χ1v) is 5.92. The highest BCUT2D eigenvalue weighted by Crippen LogP contribution is 2.11. The third kappa shape index (κ3) is 2.99. The Balaban J connectivity index is 2.01. The van der Waals surface area contributed by atoms with Gasteiger partial charge in [0.2, 0.25) is 5.91 Å². The van der Waals surface area contributed by atoms with Gasteiger partial charge in [0.25, 0.3) is 0 Å². The lowest BCUT2D eigenvalue weighted by atomic mass is 10.2. The molecule has 94 valence electrons. The number of benzene rings is 1. The number of para-hydroxylation sites is 1. The SMILES string of the molecule is CC(N)c1cccn1CC(=O)Nc1ccccc1. The van der Waals surface area contributed by atoms with Crippen molar-refractivity contribution in [1.82, 2.24) is 4.57 Å². The number of hydrogen-bond acceptors (Lipinski definition) is 2. The largest absolute Gasteiger partial charge is 0.341 e. The van der Waals surface area contributed by atoms with Gasteiger partial charge in [0, 0.05) is 23.6 Å². The monoisotopic (exact) mass is 243 g/mol. The number of carbonyl (C=O) groups is 1. The molecule has 0 aliphatic rings. The highest BCUT2D eigenvalue weighted by molar-refractivity contribution is 5.90. The van der Waals surface area contributed by atoms with Crippen LogP contribution >= 0.6 is 0 Å². The summed E-state index contributed by atoms with van der Waals surface area (Å²) in [5.74, 6) is -0.0562. The zero-order chi connectivity index (χ0) is 13.0. The first-order chi connectivity index (χ1) is 8.66. The average molecular weight is 243 g/mol. The molecule has 0 radical (unpaired) electrons. The van der Waals surface area contributed by atoms with Crippen molar-refractivity contribution in [1.29, 1.82) is 0 Å². The number of amides is 1. The number of anilines is 1. The van der Waals surface area contributed by atoms with E-state index < -0.39 is 0 Å². The van der Waals surface area contributed by atoms with Gasteiger partial charge in [-0.25, -0.2) is 0 Å². The number of hydrogen-bond donors (Lipinski definition) is 2. The predicted octanol–water partition coefficient (Wildman–Crippen LogP) is 2.15. The van der Waals surface area contributed by atoms with Crippen LogP contribution in [0, 0.1) is 0 Å². The highest BCUT2D eigenvalue weighted by atomic mass is 16.1. The fourth-order valence-electron chi connectivity index (χ4n) is 1.86. The third-order valence-electron chi connectivity index (χ3n) is 2.70. The van der Waals surface area contributed by atoms with E-state index in [1.807, 2.05) is 60.2 Å². The molecule has 1 aromatic carbocycles. The van der Waals surface area contributed by atoms with Crippen molar-refractivity contribution in [3.63, 3.8) is 0 Å². The molecule has 18 heavy (non-hydrogen) atoms. The first-order valence-electron chi connectivity index (χ1n) is 5.92. The van der Waals surface area contributed by atoms with Crippen LogP contribution in [0.4, 0.5) is 5.69 Å². The van der Waals surface area contributed by atoms with Crippen LogP contribution in [0.5, 0.6) is 0 Å². The van der Waals surface area contributed by atoms with Crippen molar-refractivity contribution in [3.05, 3.63) is 54.4 Å². The Labute approximate surface area is 106 Å². The minimum atomic E-state index is -0.0791. The van der Waals surface area contributed by atoms with Gasteiger partial charge in [-0.3, -0.25) is 4.79 Å². The van der Waals surface area contributed by atoms with E-state index in [1.54, 1.807) is 0 Å². The Kier molecular flexibility index (Phi) is 3.79. The van der Waals surface area contributed by atoms with Crippen molar-refractivity contribution in [2.75, 3.05) is 5.32 Å². The number of nitrogens with one attached hydrogen (secondary N) is 1. The third-order valence-corrected chi connectivity index (χ3v) is 2.70. The van der Waals surface area contributed by atoms with Crippen LogP contribution in [0.15, 0.2) is 48.7 Å². The lowest BCUT2D eigenvalue weighted by Gasteiger charge is -2.12. The van der Waals surface area contributed by atoms with E-state index in [-0.39, 0.29) is 18.5 Å². The van der Waals surface area contributed by atoms with E-state index >= 15 is 0 Å². The maximum atomic E-state index is 11.9. The second kappa shape index (κ2) is 5.51. The Morgan fingerprint density at radius 2 is 2.00 bits per heavy atom. The molecule has 4 nitrogen and oxygen atoms in total. The topological polar surface area (TPSA) is 60.0 Å². The van der Waals surface area contributed by atoms with Gasteiger partial charge >= 0.3 is 0 Å². The van der Waals surface area contributed by atoms with Gasteiger partial charge in [0.15, 0.2) is 0 Å². The lowest BCUT2D eigenvalue weighted by molar-refractivity contribution is -0.116. The van der Waals surface area contributed by atoms with Crippen LogP contribution < -0.4 is 11.1 Å². The van der Waals surface area contributed by atoms with Gasteiger partial charge in [0.1, 0.15) is 6.54 Å². The van der Waals surface area contributed by atoms with Crippen LogP contribution in [0.1, 0.15) is 18.7 Å². The Morgan fingerprint density at radius 1 is 1.28 bits per heavy atom. The molecule has 1 aromatic heterocycles. The van der Waals surface area contributed by atoms with E-state index in [2.05, 4.69) is 5.32 Å². The molecule has 1 atom stereocenters. The van der Waals surface area contributed by atoms with Gasteiger partial charge < -0.3 is 15.6 Å². The van der Waals surface area contributed by atoms with E-state index in [1.165, 1.54) is 0 Å². The smallest absolute Gasteiger partial charge is 0.244 e. The fraction of sp³-hybridized carbons (Fsp3) is 0.214. The molecule has 4 heteroatoms. The van der Waals surface area contributed by atoms with Gasteiger partial charge in [-0.1, -0.05) is 18.2 Å². The number of rotatable bonds is 4. The molecule has 2 rings (SSSR count). The molecule has 0 fully saturated rings. The Hall–Kier alpha value is -2.07. The second-order valence-corrected chi connectivity index (χ2v) is 4.26. The number of aromatic nitrogens is 1. The average Bonchev–Trinajstić information content (AvgIpc) is 2.78. The normalized spacial score (nSPS) is 12.1. The molecule has 0 saturated heterocycles. The van der Waals surface area contributed by atoms with Crippen molar-refractivity contribution >= 4 is 11.6 Å². The Morgan fingerprint density at radius 3 is 2.67 bits per heavy atom. The molecular formula is C14H17N3O. The molecular weight excluding hydrogens is 226 g/mol. The molecule has 0 aliphatic carbocycles. The summed E-state index contributed by atoms with van der Waals surface area (Å²) in [6, 6.07) is 13.2. The zero-order valence-electron chi connectivity index (χ0n) is 10.3. The standard InChI is InChI=1S/C14H17N3O/c1-11(15)13-8-5-9-17(13)10-14(18)16-12-6-3-2-4-7-12/h2-9,11H,10,15H2,1H3,(H,16,18). The van der Waals surface area contributed by atoms with Crippen LogP contribution in [0.25, 0.3) is 0 Å². The summed E-state index contributed by atoms with van der Waals surface area (Å²) in [6.07, 6.45) is 1.86. The van der Waals surface area contributed by atoms with Gasteiger partial charge in [-0.05, 0) is 31.2 Å². The van der Waals surface area contributed by atoms with Crippen molar-refractivity contribution in [3.8, 4) is 0 Å². The summed E-state index contributed by atoms with van der Waals surface area (Å²) < 4.78 is 1.86. The van der Waals surface area contributed by atoms with Crippen LogP contribution in [0.3, 0.4) is 0 Å². The van der Waals surface area contributed by atoms with Gasteiger partial charge in [-0.15, -0.1) is 0 Å².